The maximum absolute atomic E-state index is 12.4. The maximum Gasteiger partial charge on any atom is 0.332 e. The summed E-state index contributed by atoms with van der Waals surface area (Å²) < 4.78 is 3.74. The van der Waals surface area contributed by atoms with Gasteiger partial charge < -0.3 is 15.2 Å². The zero-order chi connectivity index (χ0) is 19.6. The summed E-state index contributed by atoms with van der Waals surface area (Å²) in [6.45, 7) is 3.53. The van der Waals surface area contributed by atoms with E-state index in [4.69, 9.17) is 0 Å². The molecule has 0 unspecified atom stereocenters. The molecule has 9 nitrogen and oxygen atoms in total. The number of carbonyl (C=O) groups is 1. The van der Waals surface area contributed by atoms with Gasteiger partial charge in [-0.15, -0.1) is 12.4 Å². The molecule has 3 rings (SSSR count). The molecule has 0 aliphatic carbocycles. The molecular formula is C18H23ClN6O3. The van der Waals surface area contributed by atoms with Crippen LogP contribution in [0.2, 0.25) is 0 Å². The normalized spacial score (nSPS) is 10.7. The number of imidazole rings is 1. The number of nitrogens with one attached hydrogen (secondary N) is 2. The molecule has 2 N–H and O–H groups in total. The number of nitrogens with zero attached hydrogens (tertiary/aromatic N) is 4. The zero-order valence-corrected chi connectivity index (χ0v) is 16.7. The van der Waals surface area contributed by atoms with E-state index in [0.29, 0.717) is 5.69 Å². The van der Waals surface area contributed by atoms with E-state index in [1.54, 1.807) is 0 Å². The molecule has 0 saturated heterocycles. The molecule has 0 aliphatic heterocycles. The summed E-state index contributed by atoms with van der Waals surface area (Å²) in [5.41, 5.74) is 1.27. The molecule has 1 amide bonds. The van der Waals surface area contributed by atoms with Crippen molar-refractivity contribution < 1.29 is 4.79 Å². The van der Waals surface area contributed by atoms with E-state index < -0.39 is 11.2 Å². The lowest BCUT2D eigenvalue weighted by Gasteiger charge is -2.09. The van der Waals surface area contributed by atoms with Crippen molar-refractivity contribution >= 4 is 35.2 Å². The first-order valence-electron chi connectivity index (χ1n) is 8.62. The first kappa shape index (κ1) is 21.4. The van der Waals surface area contributed by atoms with Gasteiger partial charge in [-0.3, -0.25) is 18.7 Å². The van der Waals surface area contributed by atoms with Crippen LogP contribution in [0, 0.1) is 0 Å². The topological polar surface area (TPSA) is 103 Å². The monoisotopic (exact) mass is 406 g/mol. The van der Waals surface area contributed by atoms with Gasteiger partial charge in [0.2, 0.25) is 5.91 Å². The van der Waals surface area contributed by atoms with Crippen molar-refractivity contribution in [1.29, 1.82) is 0 Å². The van der Waals surface area contributed by atoms with Crippen LogP contribution in [0.5, 0.6) is 0 Å². The highest BCUT2D eigenvalue weighted by Gasteiger charge is 2.16. The van der Waals surface area contributed by atoms with Crippen LogP contribution in [-0.2, 0) is 32.0 Å². The first-order valence-corrected chi connectivity index (χ1v) is 8.62. The minimum Gasteiger partial charge on any atom is -0.325 e. The third-order valence-corrected chi connectivity index (χ3v) is 4.32. The van der Waals surface area contributed by atoms with Crippen LogP contribution in [0.15, 0.2) is 40.2 Å². The molecule has 0 aliphatic rings. The Kier molecular flexibility index (Phi) is 6.76. The molecule has 0 atom stereocenters. The molecule has 2 heterocycles. The minimum absolute atomic E-state index is 0. The van der Waals surface area contributed by atoms with Crippen molar-refractivity contribution in [2.45, 2.75) is 20.0 Å². The van der Waals surface area contributed by atoms with E-state index in [9.17, 15) is 14.4 Å². The van der Waals surface area contributed by atoms with Gasteiger partial charge in [0.1, 0.15) is 6.54 Å². The maximum atomic E-state index is 12.4. The van der Waals surface area contributed by atoms with Crippen molar-refractivity contribution in [1.82, 2.24) is 24.0 Å². The Morgan fingerprint density at radius 1 is 1.18 bits per heavy atom. The minimum atomic E-state index is -0.481. The first-order chi connectivity index (χ1) is 12.9. The van der Waals surface area contributed by atoms with E-state index in [1.165, 1.54) is 29.6 Å². The Bertz CT molecular complexity index is 1110. The molecule has 1 aromatic carbocycles. The fraction of sp³-hybridized carbons (Fsp3) is 0.333. The highest BCUT2D eigenvalue weighted by atomic mass is 35.5. The fourth-order valence-electron chi connectivity index (χ4n) is 2.90. The predicted molar refractivity (Wildman–Crippen MR) is 110 cm³/mol. The van der Waals surface area contributed by atoms with Crippen LogP contribution < -0.4 is 21.9 Å². The molecule has 0 radical (unpaired) electrons. The van der Waals surface area contributed by atoms with Crippen molar-refractivity contribution in [3.05, 3.63) is 57.0 Å². The smallest absolute Gasteiger partial charge is 0.325 e. The van der Waals surface area contributed by atoms with Crippen LogP contribution in [0.25, 0.3) is 11.2 Å². The molecule has 150 valence electrons. The van der Waals surface area contributed by atoms with E-state index in [2.05, 4.69) is 15.6 Å². The summed E-state index contributed by atoms with van der Waals surface area (Å²) in [5.74, 6) is -0.286. The summed E-state index contributed by atoms with van der Waals surface area (Å²) in [4.78, 5) is 41.0. The SMILES string of the molecule is CCNCc1cccc(NC(=O)Cn2cnc3c2c(=O)n(C)c(=O)n3C)c1.Cl. The van der Waals surface area contributed by atoms with Crippen molar-refractivity contribution in [2.24, 2.45) is 14.1 Å². The van der Waals surface area contributed by atoms with Crippen molar-refractivity contribution in [3.8, 4) is 0 Å². The van der Waals surface area contributed by atoms with Crippen LogP contribution in [0.3, 0.4) is 0 Å². The van der Waals surface area contributed by atoms with Gasteiger partial charge in [0.15, 0.2) is 11.2 Å². The summed E-state index contributed by atoms with van der Waals surface area (Å²) in [6, 6.07) is 7.56. The zero-order valence-electron chi connectivity index (χ0n) is 15.9. The van der Waals surface area contributed by atoms with Gasteiger partial charge in [0, 0.05) is 26.3 Å². The fourth-order valence-corrected chi connectivity index (χ4v) is 2.90. The van der Waals surface area contributed by atoms with Crippen LogP contribution in [0.4, 0.5) is 5.69 Å². The highest BCUT2D eigenvalue weighted by molar-refractivity contribution is 5.91. The summed E-state index contributed by atoms with van der Waals surface area (Å²) in [7, 11) is 2.94. The number of aryl methyl sites for hydroxylation is 1. The van der Waals surface area contributed by atoms with Crippen LogP contribution >= 0.6 is 12.4 Å². The standard InChI is InChI=1S/C18H22N6O3.ClH/c1-4-19-9-12-6-5-7-13(8-12)21-14(25)10-24-11-20-16-15(24)17(26)23(3)18(27)22(16)2;/h5-8,11,19H,4,9-10H2,1-3H3,(H,21,25);1H. The number of rotatable bonds is 6. The number of benzene rings is 1. The number of hydrogen-bond donors (Lipinski definition) is 2. The van der Waals surface area contributed by atoms with Gasteiger partial charge in [-0.2, -0.15) is 0 Å². The molecule has 28 heavy (non-hydrogen) atoms. The van der Waals surface area contributed by atoms with E-state index in [-0.39, 0.29) is 36.0 Å². The molecule has 0 spiro atoms. The van der Waals surface area contributed by atoms with Crippen LogP contribution in [0.1, 0.15) is 12.5 Å². The summed E-state index contributed by atoms with van der Waals surface area (Å²) in [6.07, 6.45) is 1.40. The van der Waals surface area contributed by atoms with Crippen molar-refractivity contribution in [2.75, 3.05) is 11.9 Å². The van der Waals surface area contributed by atoms with Gasteiger partial charge in [-0.05, 0) is 24.2 Å². The second-order valence-electron chi connectivity index (χ2n) is 6.28. The number of aromatic nitrogens is 4. The number of fused-ring (bicyclic) bond motifs is 1. The molecule has 2 aromatic heterocycles. The number of amides is 1. The lowest BCUT2D eigenvalue weighted by molar-refractivity contribution is -0.116. The van der Waals surface area contributed by atoms with Gasteiger partial charge in [0.05, 0.1) is 6.33 Å². The average Bonchev–Trinajstić information content (AvgIpc) is 3.06. The number of carbonyl (C=O) groups excluding carboxylic acids is 1. The largest absolute Gasteiger partial charge is 0.332 e. The quantitative estimate of drug-likeness (QED) is 0.624. The third-order valence-electron chi connectivity index (χ3n) is 4.32. The Labute approximate surface area is 167 Å². The molecule has 3 aromatic rings. The Morgan fingerprint density at radius 2 is 1.93 bits per heavy atom. The highest BCUT2D eigenvalue weighted by Crippen LogP contribution is 2.11. The number of halogens is 1. The Balaban J connectivity index is 0.00000280. The van der Waals surface area contributed by atoms with Crippen LogP contribution in [-0.4, -0.2) is 31.1 Å². The molecule has 0 fully saturated rings. The van der Waals surface area contributed by atoms with Gasteiger partial charge in [-0.1, -0.05) is 19.1 Å². The van der Waals surface area contributed by atoms with E-state index in [1.807, 2.05) is 31.2 Å². The Morgan fingerprint density at radius 3 is 2.64 bits per heavy atom. The van der Waals surface area contributed by atoms with Gasteiger partial charge in [0.25, 0.3) is 5.56 Å². The van der Waals surface area contributed by atoms with E-state index in [0.717, 1.165) is 23.2 Å². The molecule has 0 bridgehead atoms. The lowest BCUT2D eigenvalue weighted by Crippen LogP contribution is -2.37. The predicted octanol–water partition coefficient (Wildman–Crippen LogP) is 0.604. The van der Waals surface area contributed by atoms with Crippen molar-refractivity contribution in [3.63, 3.8) is 0 Å². The molecule has 0 saturated carbocycles. The summed E-state index contributed by atoms with van der Waals surface area (Å²) in [5, 5.41) is 6.06. The third kappa shape index (κ3) is 4.15. The lowest BCUT2D eigenvalue weighted by atomic mass is 10.2. The average molecular weight is 407 g/mol. The Hall–Kier alpha value is -2.91. The second-order valence-corrected chi connectivity index (χ2v) is 6.28. The number of hydrogen-bond acceptors (Lipinski definition) is 5. The van der Waals surface area contributed by atoms with Gasteiger partial charge in [-0.25, -0.2) is 9.78 Å². The number of anilines is 1. The molecular weight excluding hydrogens is 384 g/mol. The second kappa shape index (κ2) is 8.85. The van der Waals surface area contributed by atoms with E-state index >= 15 is 0 Å². The molecule has 10 heteroatoms. The summed E-state index contributed by atoms with van der Waals surface area (Å²) >= 11 is 0. The van der Waals surface area contributed by atoms with Gasteiger partial charge >= 0.3 is 5.69 Å².